The predicted molar refractivity (Wildman–Crippen MR) is 58.1 cm³/mol. The lowest BCUT2D eigenvalue weighted by atomic mass is 10.0. The Kier molecular flexibility index (Phi) is 4.62. The summed E-state index contributed by atoms with van der Waals surface area (Å²) in [4.78, 5) is 0. The van der Waals surface area contributed by atoms with Crippen LogP contribution in [-0.2, 0) is 0 Å². The normalized spacial score (nSPS) is 20.8. The zero-order valence-electron chi connectivity index (χ0n) is 9.74. The number of nitrogens with two attached hydrogens (primary N) is 1. The molecule has 1 fully saturated rings. The van der Waals surface area contributed by atoms with Gasteiger partial charge in [-0.2, -0.15) is 13.2 Å². The van der Waals surface area contributed by atoms with E-state index < -0.39 is 11.7 Å². The van der Waals surface area contributed by atoms with Gasteiger partial charge in [0.2, 0.25) is 0 Å². The van der Waals surface area contributed by atoms with Crippen LogP contribution in [0.25, 0.3) is 0 Å². The lowest BCUT2D eigenvalue weighted by Gasteiger charge is -2.21. The van der Waals surface area contributed by atoms with E-state index in [9.17, 15) is 13.2 Å². The number of alkyl halides is 3. The Bertz CT molecular complexity index is 212. The maximum absolute atomic E-state index is 12.5. The van der Waals surface area contributed by atoms with E-state index in [0.29, 0.717) is 19.0 Å². The molecular formula is C11H21F3N2. The zero-order chi connectivity index (χ0) is 12.2. The van der Waals surface area contributed by atoms with Crippen molar-refractivity contribution in [2.45, 2.75) is 50.7 Å². The van der Waals surface area contributed by atoms with E-state index in [2.05, 4.69) is 12.2 Å². The summed E-state index contributed by atoms with van der Waals surface area (Å²) >= 11 is 0. The van der Waals surface area contributed by atoms with E-state index in [1.165, 1.54) is 0 Å². The van der Waals surface area contributed by atoms with Gasteiger partial charge in [0.1, 0.15) is 5.54 Å². The highest BCUT2D eigenvalue weighted by atomic mass is 19.4. The molecular weight excluding hydrogens is 217 g/mol. The van der Waals surface area contributed by atoms with E-state index in [1.54, 1.807) is 0 Å². The predicted octanol–water partition coefficient (Wildman–Crippen LogP) is 2.44. The van der Waals surface area contributed by atoms with E-state index >= 15 is 0 Å². The third kappa shape index (κ3) is 3.63. The minimum absolute atomic E-state index is 0.231. The Balaban J connectivity index is 2.12. The molecule has 1 saturated carbocycles. The van der Waals surface area contributed by atoms with Crippen LogP contribution in [0, 0.1) is 5.92 Å². The molecule has 0 saturated heterocycles. The lowest BCUT2D eigenvalue weighted by molar-refractivity contribution is -0.165. The van der Waals surface area contributed by atoms with Gasteiger partial charge in [-0.3, -0.25) is 0 Å². The highest BCUT2D eigenvalue weighted by Gasteiger charge is 2.62. The van der Waals surface area contributed by atoms with Crippen molar-refractivity contribution in [2.75, 3.05) is 13.1 Å². The Morgan fingerprint density at radius 1 is 1.31 bits per heavy atom. The van der Waals surface area contributed by atoms with Crippen molar-refractivity contribution in [3.63, 3.8) is 0 Å². The highest BCUT2D eigenvalue weighted by Crippen LogP contribution is 2.48. The van der Waals surface area contributed by atoms with Crippen LogP contribution in [0.3, 0.4) is 0 Å². The number of hydrogen-bond acceptors (Lipinski definition) is 2. The van der Waals surface area contributed by atoms with E-state index in [1.807, 2.05) is 0 Å². The van der Waals surface area contributed by atoms with Crippen molar-refractivity contribution < 1.29 is 13.2 Å². The molecule has 0 aliphatic heterocycles. The van der Waals surface area contributed by atoms with Crippen LogP contribution in [-0.4, -0.2) is 24.8 Å². The third-order valence-corrected chi connectivity index (χ3v) is 3.29. The van der Waals surface area contributed by atoms with E-state index in [0.717, 1.165) is 19.3 Å². The van der Waals surface area contributed by atoms with Gasteiger partial charge in [-0.25, -0.2) is 0 Å². The Hall–Kier alpha value is -0.290. The van der Waals surface area contributed by atoms with Gasteiger partial charge in [0.15, 0.2) is 0 Å². The van der Waals surface area contributed by atoms with Crippen LogP contribution in [0.15, 0.2) is 0 Å². The van der Waals surface area contributed by atoms with Crippen LogP contribution in [0.5, 0.6) is 0 Å². The molecule has 0 bridgehead atoms. The summed E-state index contributed by atoms with van der Waals surface area (Å²) in [5, 5.41) is 2.65. The highest BCUT2D eigenvalue weighted by molar-refractivity contribution is 5.07. The summed E-state index contributed by atoms with van der Waals surface area (Å²) < 4.78 is 37.6. The average molecular weight is 238 g/mol. The van der Waals surface area contributed by atoms with Crippen LogP contribution < -0.4 is 11.1 Å². The van der Waals surface area contributed by atoms with Gasteiger partial charge in [0.05, 0.1) is 0 Å². The minimum atomic E-state index is -4.09. The number of hydrogen-bond donors (Lipinski definition) is 2. The molecule has 1 unspecified atom stereocenters. The first-order chi connectivity index (χ1) is 7.41. The molecule has 0 amide bonds. The first kappa shape index (κ1) is 13.8. The Labute approximate surface area is 94.8 Å². The van der Waals surface area contributed by atoms with Crippen LogP contribution in [0.1, 0.15) is 39.0 Å². The molecule has 16 heavy (non-hydrogen) atoms. The fourth-order valence-corrected chi connectivity index (χ4v) is 1.89. The fourth-order valence-electron chi connectivity index (χ4n) is 1.89. The molecule has 0 radical (unpaired) electrons. The molecule has 2 nitrogen and oxygen atoms in total. The first-order valence-electron chi connectivity index (χ1n) is 5.93. The average Bonchev–Trinajstić information content (AvgIpc) is 2.93. The molecule has 0 heterocycles. The summed E-state index contributed by atoms with van der Waals surface area (Å²) in [6.07, 6.45) is -0.943. The standard InChI is InChI=1S/C11H21F3N2/c1-9(4-7-15)3-2-8-16-10(5-6-10)11(12,13)14/h9,16H,2-8,15H2,1H3. The summed E-state index contributed by atoms with van der Waals surface area (Å²) in [5.41, 5.74) is 3.85. The van der Waals surface area contributed by atoms with Gasteiger partial charge >= 0.3 is 6.18 Å². The summed E-state index contributed by atoms with van der Waals surface area (Å²) in [5.74, 6) is 0.507. The van der Waals surface area contributed by atoms with Crippen LogP contribution in [0.4, 0.5) is 13.2 Å². The molecule has 96 valence electrons. The zero-order valence-corrected chi connectivity index (χ0v) is 9.74. The minimum Gasteiger partial charge on any atom is -0.330 e. The molecule has 3 N–H and O–H groups in total. The fraction of sp³-hybridized carbons (Fsp3) is 1.00. The molecule has 1 aliphatic carbocycles. The molecule has 1 rings (SSSR count). The number of nitrogens with one attached hydrogen (secondary N) is 1. The quantitative estimate of drug-likeness (QED) is 0.668. The molecule has 0 aromatic rings. The number of rotatable bonds is 7. The smallest absolute Gasteiger partial charge is 0.330 e. The SMILES string of the molecule is CC(CCN)CCCNC1(C(F)(F)F)CC1. The van der Waals surface area contributed by atoms with Gasteiger partial charge in [0, 0.05) is 0 Å². The lowest BCUT2D eigenvalue weighted by Crippen LogP contribution is -2.45. The van der Waals surface area contributed by atoms with Crippen molar-refractivity contribution in [2.24, 2.45) is 11.7 Å². The molecule has 1 atom stereocenters. The molecule has 5 heteroatoms. The van der Waals surface area contributed by atoms with E-state index in [-0.39, 0.29) is 12.8 Å². The second-order valence-electron chi connectivity index (χ2n) is 4.83. The topological polar surface area (TPSA) is 38.0 Å². The monoisotopic (exact) mass is 238 g/mol. The second-order valence-corrected chi connectivity index (χ2v) is 4.83. The maximum atomic E-state index is 12.5. The molecule has 0 spiro atoms. The molecule has 0 aromatic heterocycles. The van der Waals surface area contributed by atoms with Crippen molar-refractivity contribution in [1.82, 2.24) is 5.32 Å². The maximum Gasteiger partial charge on any atom is 0.406 e. The summed E-state index contributed by atoms with van der Waals surface area (Å²) in [7, 11) is 0. The molecule has 0 aromatic carbocycles. The number of halogens is 3. The van der Waals surface area contributed by atoms with Crippen LogP contribution >= 0.6 is 0 Å². The first-order valence-corrected chi connectivity index (χ1v) is 5.93. The van der Waals surface area contributed by atoms with Gasteiger partial charge in [0.25, 0.3) is 0 Å². The van der Waals surface area contributed by atoms with Gasteiger partial charge in [-0.05, 0) is 51.1 Å². The van der Waals surface area contributed by atoms with Gasteiger partial charge in [-0.1, -0.05) is 6.92 Å². The van der Waals surface area contributed by atoms with Crippen molar-refractivity contribution in [3.05, 3.63) is 0 Å². The van der Waals surface area contributed by atoms with Crippen molar-refractivity contribution >= 4 is 0 Å². The van der Waals surface area contributed by atoms with Crippen molar-refractivity contribution in [3.8, 4) is 0 Å². The van der Waals surface area contributed by atoms with Gasteiger partial charge in [-0.15, -0.1) is 0 Å². The molecule has 1 aliphatic rings. The van der Waals surface area contributed by atoms with Crippen LogP contribution in [0.2, 0.25) is 0 Å². The Morgan fingerprint density at radius 2 is 1.94 bits per heavy atom. The largest absolute Gasteiger partial charge is 0.406 e. The second kappa shape index (κ2) is 5.36. The van der Waals surface area contributed by atoms with E-state index in [4.69, 9.17) is 5.73 Å². The van der Waals surface area contributed by atoms with Gasteiger partial charge < -0.3 is 11.1 Å². The Morgan fingerprint density at radius 3 is 2.38 bits per heavy atom. The summed E-state index contributed by atoms with van der Waals surface area (Å²) in [6.45, 7) is 3.19. The summed E-state index contributed by atoms with van der Waals surface area (Å²) in [6, 6.07) is 0. The van der Waals surface area contributed by atoms with Crippen molar-refractivity contribution in [1.29, 1.82) is 0 Å². The third-order valence-electron chi connectivity index (χ3n) is 3.29.